The van der Waals surface area contributed by atoms with Crippen LogP contribution in [0.1, 0.15) is 11.4 Å². The van der Waals surface area contributed by atoms with Crippen LogP contribution >= 0.6 is 11.6 Å². The zero-order valence-corrected chi connectivity index (χ0v) is 10.3. The van der Waals surface area contributed by atoms with Gasteiger partial charge in [0.2, 0.25) is 0 Å². The lowest BCUT2D eigenvalue weighted by Crippen LogP contribution is -2.14. The zero-order valence-electron chi connectivity index (χ0n) is 9.58. The Kier molecular flexibility index (Phi) is 3.40. The molecule has 0 saturated heterocycles. The number of ether oxygens (including phenoxy) is 1. The van der Waals surface area contributed by atoms with Crippen LogP contribution in [0.5, 0.6) is 0 Å². The molecule has 2 rings (SSSR count). The van der Waals surface area contributed by atoms with Gasteiger partial charge in [0.15, 0.2) is 5.65 Å². The fourth-order valence-electron chi connectivity index (χ4n) is 1.51. The molecule has 1 N–H and O–H groups in total. The summed E-state index contributed by atoms with van der Waals surface area (Å²) in [5.74, 6) is 0.553. The number of pyridine rings is 1. The van der Waals surface area contributed by atoms with Crippen molar-refractivity contribution in [1.82, 2.24) is 15.0 Å². The zero-order chi connectivity index (χ0) is 12.4. The van der Waals surface area contributed by atoms with Gasteiger partial charge in [-0.05, 0) is 18.6 Å². The van der Waals surface area contributed by atoms with Gasteiger partial charge in [-0.2, -0.15) is 0 Å². The third kappa shape index (κ3) is 2.45. The van der Waals surface area contributed by atoms with Crippen molar-refractivity contribution in [2.75, 3.05) is 13.7 Å². The van der Waals surface area contributed by atoms with E-state index in [0.717, 1.165) is 5.56 Å². The molecule has 6 heteroatoms. The molecule has 0 atom stereocenters. The van der Waals surface area contributed by atoms with Gasteiger partial charge in [-0.25, -0.2) is 9.97 Å². The number of aromatic nitrogens is 3. The van der Waals surface area contributed by atoms with E-state index in [4.69, 9.17) is 16.3 Å². The van der Waals surface area contributed by atoms with E-state index in [2.05, 4.69) is 15.0 Å². The number of H-pyrrole nitrogens is 1. The topological polar surface area (TPSA) is 67.9 Å². The predicted octanol–water partition coefficient (Wildman–Crippen LogP) is 1.47. The molecule has 17 heavy (non-hydrogen) atoms. The number of nitrogens with one attached hydrogen (secondary N) is 1. The number of halogens is 1. The Balaban J connectivity index is 2.57. The minimum atomic E-state index is -0.201. The Hall–Kier alpha value is -1.46. The fraction of sp³-hybridized carbons (Fsp3) is 0.364. The van der Waals surface area contributed by atoms with E-state index in [0.29, 0.717) is 35.0 Å². The van der Waals surface area contributed by atoms with E-state index in [-0.39, 0.29) is 5.56 Å². The summed E-state index contributed by atoms with van der Waals surface area (Å²) >= 11 is 5.91. The van der Waals surface area contributed by atoms with Crippen LogP contribution in [-0.4, -0.2) is 28.7 Å². The maximum atomic E-state index is 11.8. The van der Waals surface area contributed by atoms with Crippen molar-refractivity contribution in [3.05, 3.63) is 33.0 Å². The molecule has 2 aromatic rings. The Morgan fingerprint density at radius 2 is 2.24 bits per heavy atom. The molecule has 90 valence electrons. The van der Waals surface area contributed by atoms with Crippen molar-refractivity contribution in [2.45, 2.75) is 13.3 Å². The second kappa shape index (κ2) is 4.81. The van der Waals surface area contributed by atoms with Crippen molar-refractivity contribution in [3.63, 3.8) is 0 Å². The number of hydrogen-bond donors (Lipinski definition) is 1. The number of rotatable bonds is 3. The number of aryl methyl sites for hydroxylation is 1. The summed E-state index contributed by atoms with van der Waals surface area (Å²) in [6, 6.07) is 1.69. The summed E-state index contributed by atoms with van der Waals surface area (Å²) in [4.78, 5) is 22.9. The van der Waals surface area contributed by atoms with Crippen LogP contribution in [0.3, 0.4) is 0 Å². The highest BCUT2D eigenvalue weighted by Gasteiger charge is 2.07. The van der Waals surface area contributed by atoms with E-state index in [1.165, 1.54) is 0 Å². The van der Waals surface area contributed by atoms with Crippen molar-refractivity contribution >= 4 is 22.6 Å². The maximum Gasteiger partial charge on any atom is 0.260 e. The molecule has 0 spiro atoms. The molecule has 0 aromatic carbocycles. The molecule has 0 radical (unpaired) electrons. The maximum absolute atomic E-state index is 11.8. The highest BCUT2D eigenvalue weighted by Crippen LogP contribution is 2.15. The fourth-order valence-corrected chi connectivity index (χ4v) is 1.64. The summed E-state index contributed by atoms with van der Waals surface area (Å²) in [5.41, 5.74) is 0.930. The first-order valence-corrected chi connectivity index (χ1v) is 5.54. The minimum absolute atomic E-state index is 0.201. The second-order valence-corrected chi connectivity index (χ2v) is 4.08. The molecule has 0 fully saturated rings. The predicted molar refractivity (Wildman–Crippen MR) is 65.5 cm³/mol. The molecule has 0 bridgehead atoms. The van der Waals surface area contributed by atoms with Gasteiger partial charge in [0.05, 0.1) is 12.0 Å². The van der Waals surface area contributed by atoms with Crippen LogP contribution in [0, 0.1) is 6.92 Å². The molecule has 5 nitrogen and oxygen atoms in total. The second-order valence-electron chi connectivity index (χ2n) is 3.72. The van der Waals surface area contributed by atoms with Crippen LogP contribution in [0.15, 0.2) is 10.9 Å². The molecule has 0 aliphatic heterocycles. The monoisotopic (exact) mass is 253 g/mol. The van der Waals surface area contributed by atoms with Gasteiger partial charge in [0.1, 0.15) is 11.0 Å². The normalized spacial score (nSPS) is 11.0. The minimum Gasteiger partial charge on any atom is -0.384 e. The van der Waals surface area contributed by atoms with Crippen LogP contribution in [0.2, 0.25) is 5.15 Å². The molecular formula is C11H12ClN3O2. The molecular weight excluding hydrogens is 242 g/mol. The van der Waals surface area contributed by atoms with Crippen molar-refractivity contribution in [1.29, 1.82) is 0 Å². The largest absolute Gasteiger partial charge is 0.384 e. The summed E-state index contributed by atoms with van der Waals surface area (Å²) in [6.07, 6.45) is 0.537. The quantitative estimate of drug-likeness (QED) is 0.841. The van der Waals surface area contributed by atoms with E-state index in [1.807, 2.05) is 0 Å². The number of methoxy groups -OCH3 is 1. The van der Waals surface area contributed by atoms with Gasteiger partial charge >= 0.3 is 0 Å². The van der Waals surface area contributed by atoms with Crippen LogP contribution in [0.25, 0.3) is 11.0 Å². The number of aromatic amines is 1. The Labute approximate surface area is 103 Å². The summed E-state index contributed by atoms with van der Waals surface area (Å²) < 4.78 is 4.93. The first-order valence-electron chi connectivity index (χ1n) is 5.17. The van der Waals surface area contributed by atoms with Gasteiger partial charge in [-0.1, -0.05) is 11.6 Å². The Morgan fingerprint density at radius 1 is 1.47 bits per heavy atom. The van der Waals surface area contributed by atoms with Gasteiger partial charge in [-0.15, -0.1) is 0 Å². The average molecular weight is 254 g/mol. The lowest BCUT2D eigenvalue weighted by molar-refractivity contribution is 0.200. The highest BCUT2D eigenvalue weighted by atomic mass is 35.5. The standard InChI is InChI=1S/C11H12ClN3O2/c1-6-5-7-10(15-9(6)12)13-8(3-4-17-2)14-11(7)16/h5H,3-4H2,1-2H3,(H,13,14,15,16). The van der Waals surface area contributed by atoms with E-state index in [1.54, 1.807) is 20.1 Å². The molecule has 2 aromatic heterocycles. The van der Waals surface area contributed by atoms with E-state index >= 15 is 0 Å². The van der Waals surface area contributed by atoms with Crippen molar-refractivity contribution in [2.24, 2.45) is 0 Å². The third-order valence-corrected chi connectivity index (χ3v) is 2.80. The van der Waals surface area contributed by atoms with Crippen LogP contribution < -0.4 is 5.56 Å². The molecule has 0 unspecified atom stereocenters. The molecule has 0 amide bonds. The first kappa shape index (κ1) is 12.0. The lowest BCUT2D eigenvalue weighted by Gasteiger charge is -2.03. The Morgan fingerprint density at radius 3 is 2.94 bits per heavy atom. The smallest absolute Gasteiger partial charge is 0.260 e. The highest BCUT2D eigenvalue weighted by molar-refractivity contribution is 6.30. The van der Waals surface area contributed by atoms with Crippen LogP contribution in [0.4, 0.5) is 0 Å². The van der Waals surface area contributed by atoms with Gasteiger partial charge in [0, 0.05) is 13.5 Å². The number of hydrogen-bond acceptors (Lipinski definition) is 4. The van der Waals surface area contributed by atoms with E-state index < -0.39 is 0 Å². The van der Waals surface area contributed by atoms with Gasteiger partial charge in [-0.3, -0.25) is 4.79 Å². The first-order chi connectivity index (χ1) is 8.11. The number of fused-ring (bicyclic) bond motifs is 1. The third-order valence-electron chi connectivity index (χ3n) is 2.42. The Bertz CT molecular complexity index is 609. The van der Waals surface area contributed by atoms with Gasteiger partial charge < -0.3 is 9.72 Å². The van der Waals surface area contributed by atoms with Crippen molar-refractivity contribution in [3.8, 4) is 0 Å². The number of nitrogens with zero attached hydrogens (tertiary/aromatic N) is 2. The van der Waals surface area contributed by atoms with Gasteiger partial charge in [0.25, 0.3) is 5.56 Å². The molecule has 0 aliphatic carbocycles. The van der Waals surface area contributed by atoms with Crippen molar-refractivity contribution < 1.29 is 4.74 Å². The SMILES string of the molecule is COCCc1nc2nc(Cl)c(C)cc2c(=O)[nH]1. The molecule has 0 aliphatic rings. The molecule has 2 heterocycles. The summed E-state index contributed by atoms with van der Waals surface area (Å²) in [6.45, 7) is 2.29. The lowest BCUT2D eigenvalue weighted by atomic mass is 10.2. The average Bonchev–Trinajstić information content (AvgIpc) is 2.29. The van der Waals surface area contributed by atoms with Crippen LogP contribution in [-0.2, 0) is 11.2 Å². The van der Waals surface area contributed by atoms with E-state index in [9.17, 15) is 4.79 Å². The summed E-state index contributed by atoms with van der Waals surface area (Å²) in [5, 5.41) is 0.821. The summed E-state index contributed by atoms with van der Waals surface area (Å²) in [7, 11) is 1.59. The molecule has 0 saturated carbocycles.